The fourth-order valence-corrected chi connectivity index (χ4v) is 5.65. The molecule has 0 saturated heterocycles. The third kappa shape index (κ3) is 5.14. The molecule has 6 nitrogen and oxygen atoms in total. The Morgan fingerprint density at radius 2 is 1.85 bits per heavy atom. The van der Waals surface area contributed by atoms with E-state index in [-0.39, 0.29) is 21.7 Å². The second-order valence-electron chi connectivity index (χ2n) is 7.71. The Balaban J connectivity index is 1.70. The predicted molar refractivity (Wildman–Crippen MR) is 127 cm³/mol. The van der Waals surface area contributed by atoms with Crippen LogP contribution in [0.4, 0.5) is 4.39 Å². The molecule has 10 heteroatoms. The summed E-state index contributed by atoms with van der Waals surface area (Å²) in [5, 5.41) is 14.6. The third-order valence-corrected chi connectivity index (χ3v) is 7.52. The summed E-state index contributed by atoms with van der Waals surface area (Å²) in [6, 6.07) is 13.9. The number of sulfonamides is 1. The van der Waals surface area contributed by atoms with E-state index in [0.717, 1.165) is 11.6 Å². The predicted octanol–water partition coefficient (Wildman–Crippen LogP) is 5.26. The van der Waals surface area contributed by atoms with Gasteiger partial charge in [0.15, 0.2) is 0 Å². The molecule has 0 aliphatic carbocycles. The fourth-order valence-electron chi connectivity index (χ4n) is 3.67. The van der Waals surface area contributed by atoms with Crippen LogP contribution >= 0.6 is 23.2 Å². The number of phenolic OH excluding ortho intramolecular Hbond substituents is 1. The molecule has 0 saturated carbocycles. The molecule has 0 bridgehead atoms. The van der Waals surface area contributed by atoms with Crippen LogP contribution in [0.25, 0.3) is 0 Å². The maximum atomic E-state index is 13.8. The van der Waals surface area contributed by atoms with Gasteiger partial charge in [-0.25, -0.2) is 12.8 Å². The van der Waals surface area contributed by atoms with Gasteiger partial charge in [-0.05, 0) is 60.0 Å². The summed E-state index contributed by atoms with van der Waals surface area (Å²) in [6.07, 6.45) is 0.374. The van der Waals surface area contributed by atoms with Crippen molar-refractivity contribution in [1.29, 1.82) is 0 Å². The van der Waals surface area contributed by atoms with Crippen LogP contribution in [0.2, 0.25) is 10.0 Å². The van der Waals surface area contributed by atoms with Gasteiger partial charge in [-0.1, -0.05) is 47.5 Å². The molecule has 0 aromatic heterocycles. The topological polar surface area (TPSA) is 90.8 Å². The van der Waals surface area contributed by atoms with E-state index in [9.17, 15) is 17.9 Å². The fraction of sp³-hybridized carbons (Fsp3) is 0.174. The number of aromatic hydroxyl groups is 1. The molecule has 3 N–H and O–H groups in total. The van der Waals surface area contributed by atoms with Crippen LogP contribution in [-0.2, 0) is 10.0 Å². The van der Waals surface area contributed by atoms with Crippen LogP contribution in [0, 0.1) is 12.7 Å². The van der Waals surface area contributed by atoms with Gasteiger partial charge in [-0.2, -0.15) is 9.82 Å². The minimum Gasteiger partial charge on any atom is -0.508 e. The van der Waals surface area contributed by atoms with Crippen LogP contribution < -0.4 is 10.1 Å². The highest BCUT2D eigenvalue weighted by Crippen LogP contribution is 2.34. The smallest absolute Gasteiger partial charge is 0.241 e. The van der Waals surface area contributed by atoms with Gasteiger partial charge in [0.1, 0.15) is 11.6 Å². The second kappa shape index (κ2) is 9.30. The molecule has 33 heavy (non-hydrogen) atoms. The number of hydrogen-bond donors (Lipinski definition) is 3. The van der Waals surface area contributed by atoms with E-state index in [0.29, 0.717) is 28.3 Å². The Morgan fingerprint density at radius 3 is 2.55 bits per heavy atom. The summed E-state index contributed by atoms with van der Waals surface area (Å²) in [4.78, 5) is -0.167. The SMILES string of the molecule is Cc1ccc(F)cc1S(=O)(=O)NC(C1=NNC(c2ccc(O)cc2)C1)c1ccc(Cl)cc1Cl. The van der Waals surface area contributed by atoms with Crippen molar-refractivity contribution in [2.24, 2.45) is 5.10 Å². The van der Waals surface area contributed by atoms with E-state index in [2.05, 4.69) is 15.2 Å². The van der Waals surface area contributed by atoms with Crippen LogP contribution in [0.15, 0.2) is 70.7 Å². The summed E-state index contributed by atoms with van der Waals surface area (Å²) >= 11 is 12.5. The van der Waals surface area contributed by atoms with Gasteiger partial charge in [0.05, 0.1) is 22.7 Å². The summed E-state index contributed by atoms with van der Waals surface area (Å²) in [6.45, 7) is 1.59. The van der Waals surface area contributed by atoms with Crippen LogP contribution in [-0.4, -0.2) is 19.2 Å². The first-order valence-electron chi connectivity index (χ1n) is 9.98. The van der Waals surface area contributed by atoms with Crippen molar-refractivity contribution in [3.05, 3.63) is 93.2 Å². The van der Waals surface area contributed by atoms with Gasteiger partial charge in [0, 0.05) is 16.5 Å². The molecule has 1 heterocycles. The van der Waals surface area contributed by atoms with Crippen LogP contribution in [0.1, 0.15) is 35.2 Å². The molecule has 172 valence electrons. The number of rotatable bonds is 6. The molecule has 1 aliphatic rings. The summed E-state index contributed by atoms with van der Waals surface area (Å²) < 4.78 is 43.0. The summed E-state index contributed by atoms with van der Waals surface area (Å²) in [7, 11) is -4.14. The van der Waals surface area contributed by atoms with E-state index in [1.54, 1.807) is 43.3 Å². The van der Waals surface area contributed by atoms with Gasteiger partial charge in [-0.15, -0.1) is 0 Å². The molecule has 1 aliphatic heterocycles. The van der Waals surface area contributed by atoms with Crippen molar-refractivity contribution in [1.82, 2.24) is 10.1 Å². The Kier molecular flexibility index (Phi) is 6.63. The van der Waals surface area contributed by atoms with E-state index >= 15 is 0 Å². The number of nitrogens with zero attached hydrogens (tertiary/aromatic N) is 1. The molecule has 2 unspecified atom stereocenters. The van der Waals surface area contributed by atoms with E-state index in [1.807, 2.05) is 0 Å². The second-order valence-corrected chi connectivity index (χ2v) is 10.2. The first-order chi connectivity index (χ1) is 15.6. The lowest BCUT2D eigenvalue weighted by atomic mass is 9.96. The standard InChI is InChI=1S/C23H20Cl2FN3O3S/c1-13-2-6-16(26)11-22(13)33(31,32)29-23(18-9-5-15(24)10-19(18)25)21-12-20(27-28-21)14-3-7-17(30)8-4-14/h2-11,20,23,27,29-30H,12H2,1H3. The number of hydrazone groups is 1. The molecule has 0 amide bonds. The number of phenols is 1. The number of nitrogens with one attached hydrogen (secondary N) is 2. The molecule has 0 fully saturated rings. The van der Waals surface area contributed by atoms with E-state index < -0.39 is 21.9 Å². The van der Waals surface area contributed by atoms with Crippen molar-refractivity contribution in [3.63, 3.8) is 0 Å². The first kappa shape index (κ1) is 23.5. The van der Waals surface area contributed by atoms with Gasteiger partial charge >= 0.3 is 0 Å². The zero-order valence-electron chi connectivity index (χ0n) is 17.4. The van der Waals surface area contributed by atoms with Gasteiger partial charge < -0.3 is 10.5 Å². The van der Waals surface area contributed by atoms with Crippen molar-refractivity contribution >= 4 is 38.9 Å². The highest BCUT2D eigenvalue weighted by molar-refractivity contribution is 7.89. The van der Waals surface area contributed by atoms with Crippen LogP contribution in [0.5, 0.6) is 5.75 Å². The summed E-state index contributed by atoms with van der Waals surface area (Å²) in [5.41, 5.74) is 5.24. The van der Waals surface area contributed by atoms with Gasteiger partial charge in [-0.3, -0.25) is 0 Å². The Morgan fingerprint density at radius 1 is 1.12 bits per heavy atom. The van der Waals surface area contributed by atoms with Gasteiger partial charge in [0.2, 0.25) is 10.0 Å². The van der Waals surface area contributed by atoms with Crippen molar-refractivity contribution in [2.75, 3.05) is 0 Å². The maximum absolute atomic E-state index is 13.8. The van der Waals surface area contributed by atoms with E-state index in [1.165, 1.54) is 18.2 Å². The molecule has 4 rings (SSSR count). The minimum absolute atomic E-state index is 0.141. The zero-order valence-corrected chi connectivity index (χ0v) is 19.7. The zero-order chi connectivity index (χ0) is 23.8. The summed E-state index contributed by atoms with van der Waals surface area (Å²) in [5.74, 6) is -0.517. The first-order valence-corrected chi connectivity index (χ1v) is 12.2. The molecular formula is C23H20Cl2FN3O3S. The number of benzene rings is 3. The Labute approximate surface area is 201 Å². The largest absolute Gasteiger partial charge is 0.508 e. The average molecular weight is 508 g/mol. The quantitative estimate of drug-likeness (QED) is 0.424. The molecule has 0 radical (unpaired) electrons. The lowest BCUT2D eigenvalue weighted by Crippen LogP contribution is -2.34. The normalized spacial score (nSPS) is 16.8. The van der Waals surface area contributed by atoms with Crippen LogP contribution in [0.3, 0.4) is 0 Å². The number of hydrogen-bond acceptors (Lipinski definition) is 5. The third-order valence-electron chi connectivity index (χ3n) is 5.39. The highest BCUT2D eigenvalue weighted by Gasteiger charge is 2.33. The lowest BCUT2D eigenvalue weighted by molar-refractivity contribution is 0.474. The average Bonchev–Trinajstić information content (AvgIpc) is 3.25. The molecule has 2 atom stereocenters. The van der Waals surface area contributed by atoms with Crippen molar-refractivity contribution in [3.8, 4) is 5.75 Å². The Hall–Kier alpha value is -2.65. The Bertz CT molecular complexity index is 1330. The number of halogens is 3. The lowest BCUT2D eigenvalue weighted by Gasteiger charge is -2.21. The molecule has 0 spiro atoms. The molecule has 3 aromatic rings. The molecule has 3 aromatic carbocycles. The monoisotopic (exact) mass is 507 g/mol. The molecular weight excluding hydrogens is 488 g/mol. The van der Waals surface area contributed by atoms with Crippen molar-refractivity contribution < 1.29 is 17.9 Å². The number of aryl methyl sites for hydroxylation is 1. The highest BCUT2D eigenvalue weighted by atomic mass is 35.5. The van der Waals surface area contributed by atoms with E-state index in [4.69, 9.17) is 23.2 Å². The van der Waals surface area contributed by atoms with Crippen molar-refractivity contribution in [2.45, 2.75) is 30.3 Å². The van der Waals surface area contributed by atoms with Gasteiger partial charge in [0.25, 0.3) is 0 Å². The maximum Gasteiger partial charge on any atom is 0.241 e. The minimum atomic E-state index is -4.14.